The van der Waals surface area contributed by atoms with Crippen molar-refractivity contribution < 1.29 is 17.6 Å². The summed E-state index contributed by atoms with van der Waals surface area (Å²) in [6.07, 6.45) is 6.96. The number of hydrogen-bond donors (Lipinski definition) is 1. The molecule has 3 rings (SSSR count). The lowest BCUT2D eigenvalue weighted by Crippen LogP contribution is -2.46. The first kappa shape index (κ1) is 21.5. The Labute approximate surface area is 172 Å². The van der Waals surface area contributed by atoms with Crippen LogP contribution in [0.4, 0.5) is 4.39 Å². The number of carbonyl (C=O) groups is 1. The standard InChI is InChI=1S/C23H28FNO3S/c1-29(27,28)20-13-11-19(12-14-20)23(15-5-2-6-16-23)22(26)25-17-7-9-18-8-3-4-10-21(18)24/h3-4,8,10-14H,2,5-7,9,15-17H2,1H3,(H,25,26). The van der Waals surface area contributed by atoms with Crippen molar-refractivity contribution in [1.82, 2.24) is 5.32 Å². The third-order valence-electron chi connectivity index (χ3n) is 5.84. The van der Waals surface area contributed by atoms with Crippen LogP contribution in [0.1, 0.15) is 49.7 Å². The summed E-state index contributed by atoms with van der Waals surface area (Å²) in [4.78, 5) is 13.4. The highest BCUT2D eigenvalue weighted by Crippen LogP contribution is 2.40. The van der Waals surface area contributed by atoms with Crippen LogP contribution in [0.15, 0.2) is 53.4 Å². The van der Waals surface area contributed by atoms with Crippen molar-refractivity contribution in [3.8, 4) is 0 Å². The molecule has 0 heterocycles. The summed E-state index contributed by atoms with van der Waals surface area (Å²) in [5.41, 5.74) is 0.911. The largest absolute Gasteiger partial charge is 0.355 e. The number of nitrogens with one attached hydrogen (secondary N) is 1. The lowest BCUT2D eigenvalue weighted by atomic mass is 9.68. The minimum atomic E-state index is -3.27. The fourth-order valence-corrected chi connectivity index (χ4v) is 4.80. The van der Waals surface area contributed by atoms with Crippen molar-refractivity contribution in [3.05, 3.63) is 65.5 Å². The summed E-state index contributed by atoms with van der Waals surface area (Å²) < 4.78 is 37.2. The minimum Gasteiger partial charge on any atom is -0.355 e. The molecule has 0 spiro atoms. The Morgan fingerprint density at radius 1 is 1.03 bits per heavy atom. The molecule has 0 atom stereocenters. The van der Waals surface area contributed by atoms with Gasteiger partial charge in [-0.3, -0.25) is 4.79 Å². The SMILES string of the molecule is CS(=O)(=O)c1ccc(C2(C(=O)NCCCc3ccccc3F)CCCCC2)cc1. The second-order valence-electron chi connectivity index (χ2n) is 7.89. The van der Waals surface area contributed by atoms with E-state index in [9.17, 15) is 17.6 Å². The van der Waals surface area contributed by atoms with Gasteiger partial charge in [0, 0.05) is 12.8 Å². The second kappa shape index (κ2) is 9.08. The third-order valence-corrected chi connectivity index (χ3v) is 6.97. The van der Waals surface area contributed by atoms with Crippen LogP contribution in [0.2, 0.25) is 0 Å². The van der Waals surface area contributed by atoms with Crippen LogP contribution in [0.25, 0.3) is 0 Å². The first-order chi connectivity index (χ1) is 13.8. The van der Waals surface area contributed by atoms with Gasteiger partial charge in [0.25, 0.3) is 0 Å². The van der Waals surface area contributed by atoms with E-state index in [1.165, 1.54) is 12.3 Å². The zero-order chi connectivity index (χ0) is 20.9. The van der Waals surface area contributed by atoms with E-state index < -0.39 is 15.3 Å². The van der Waals surface area contributed by atoms with E-state index in [1.807, 2.05) is 6.07 Å². The van der Waals surface area contributed by atoms with Crippen LogP contribution < -0.4 is 5.32 Å². The molecule has 1 aliphatic carbocycles. The van der Waals surface area contributed by atoms with Gasteiger partial charge in [0.2, 0.25) is 5.91 Å². The summed E-state index contributed by atoms with van der Waals surface area (Å²) in [6, 6.07) is 13.4. The molecule has 2 aromatic rings. The van der Waals surface area contributed by atoms with E-state index in [4.69, 9.17) is 0 Å². The third kappa shape index (κ3) is 5.04. The van der Waals surface area contributed by atoms with Crippen LogP contribution in [-0.2, 0) is 26.5 Å². The number of hydrogen-bond acceptors (Lipinski definition) is 3. The number of rotatable bonds is 7. The highest BCUT2D eigenvalue weighted by molar-refractivity contribution is 7.90. The molecule has 2 aromatic carbocycles. The molecule has 1 fully saturated rings. The number of carbonyl (C=O) groups excluding carboxylic acids is 1. The molecule has 1 aliphatic rings. The van der Waals surface area contributed by atoms with Crippen LogP contribution in [0.3, 0.4) is 0 Å². The number of aryl methyl sites for hydroxylation is 1. The number of halogens is 1. The van der Waals surface area contributed by atoms with E-state index in [2.05, 4.69) is 5.32 Å². The maximum Gasteiger partial charge on any atom is 0.230 e. The van der Waals surface area contributed by atoms with E-state index in [0.29, 0.717) is 24.9 Å². The molecule has 0 aromatic heterocycles. The first-order valence-corrected chi connectivity index (χ1v) is 12.0. The summed E-state index contributed by atoms with van der Waals surface area (Å²) in [5, 5.41) is 3.05. The Morgan fingerprint density at radius 3 is 2.31 bits per heavy atom. The van der Waals surface area contributed by atoms with E-state index in [1.54, 1.807) is 36.4 Å². The average molecular weight is 418 g/mol. The maximum absolute atomic E-state index is 13.7. The average Bonchev–Trinajstić information content (AvgIpc) is 2.72. The lowest BCUT2D eigenvalue weighted by Gasteiger charge is -2.36. The lowest BCUT2D eigenvalue weighted by molar-refractivity contribution is -0.128. The Bertz CT molecular complexity index is 948. The number of sulfone groups is 1. The summed E-state index contributed by atoms with van der Waals surface area (Å²) >= 11 is 0. The summed E-state index contributed by atoms with van der Waals surface area (Å²) in [5.74, 6) is -0.230. The Morgan fingerprint density at radius 2 is 1.69 bits per heavy atom. The van der Waals surface area contributed by atoms with Gasteiger partial charge in [-0.2, -0.15) is 0 Å². The zero-order valence-electron chi connectivity index (χ0n) is 16.8. The van der Waals surface area contributed by atoms with Gasteiger partial charge in [0.15, 0.2) is 9.84 Å². The molecule has 0 radical (unpaired) electrons. The van der Waals surface area contributed by atoms with Gasteiger partial charge in [0.05, 0.1) is 10.3 Å². The summed E-state index contributed by atoms with van der Waals surface area (Å²) in [6.45, 7) is 0.482. The Hall–Kier alpha value is -2.21. The fourth-order valence-electron chi connectivity index (χ4n) is 4.17. The molecule has 0 saturated heterocycles. The molecule has 1 saturated carbocycles. The molecular weight excluding hydrogens is 389 g/mol. The molecule has 1 N–H and O–H groups in total. The van der Waals surface area contributed by atoms with Gasteiger partial charge < -0.3 is 5.32 Å². The van der Waals surface area contributed by atoms with Gasteiger partial charge >= 0.3 is 0 Å². The van der Waals surface area contributed by atoms with Crippen LogP contribution in [0.5, 0.6) is 0 Å². The smallest absolute Gasteiger partial charge is 0.230 e. The predicted octanol–water partition coefficient (Wildman–Crippen LogP) is 4.18. The quantitative estimate of drug-likeness (QED) is 0.688. The fraction of sp³-hybridized carbons (Fsp3) is 0.435. The van der Waals surface area contributed by atoms with Crippen molar-refractivity contribution in [3.63, 3.8) is 0 Å². The van der Waals surface area contributed by atoms with E-state index >= 15 is 0 Å². The monoisotopic (exact) mass is 417 g/mol. The van der Waals surface area contributed by atoms with Crippen molar-refractivity contribution in [2.24, 2.45) is 0 Å². The highest BCUT2D eigenvalue weighted by atomic mass is 32.2. The molecular formula is C23H28FNO3S. The van der Waals surface area contributed by atoms with Gasteiger partial charge in [-0.25, -0.2) is 12.8 Å². The molecule has 0 unspecified atom stereocenters. The van der Waals surface area contributed by atoms with Gasteiger partial charge in [-0.05, 0) is 55.0 Å². The van der Waals surface area contributed by atoms with Crippen molar-refractivity contribution in [2.75, 3.05) is 12.8 Å². The Kier molecular flexibility index (Phi) is 6.73. The first-order valence-electron chi connectivity index (χ1n) is 10.2. The molecule has 1 amide bonds. The number of amides is 1. The zero-order valence-corrected chi connectivity index (χ0v) is 17.6. The van der Waals surface area contributed by atoms with Crippen molar-refractivity contribution in [1.29, 1.82) is 0 Å². The Balaban J connectivity index is 1.69. The molecule has 0 bridgehead atoms. The normalized spacial score (nSPS) is 16.3. The molecule has 0 aliphatic heterocycles. The molecule has 156 valence electrons. The molecule has 6 heteroatoms. The van der Waals surface area contributed by atoms with Crippen LogP contribution in [-0.4, -0.2) is 27.1 Å². The van der Waals surface area contributed by atoms with Gasteiger partial charge in [-0.15, -0.1) is 0 Å². The number of benzene rings is 2. The topological polar surface area (TPSA) is 63.2 Å². The summed E-state index contributed by atoms with van der Waals surface area (Å²) in [7, 11) is -3.27. The van der Waals surface area contributed by atoms with Crippen molar-refractivity contribution in [2.45, 2.75) is 55.3 Å². The van der Waals surface area contributed by atoms with Gasteiger partial charge in [-0.1, -0.05) is 49.6 Å². The van der Waals surface area contributed by atoms with E-state index in [0.717, 1.165) is 37.7 Å². The molecule has 4 nitrogen and oxygen atoms in total. The molecule has 29 heavy (non-hydrogen) atoms. The maximum atomic E-state index is 13.7. The second-order valence-corrected chi connectivity index (χ2v) is 9.91. The van der Waals surface area contributed by atoms with Crippen LogP contribution in [0, 0.1) is 5.82 Å². The minimum absolute atomic E-state index is 0.0159. The van der Waals surface area contributed by atoms with Crippen molar-refractivity contribution >= 4 is 15.7 Å². The highest BCUT2D eigenvalue weighted by Gasteiger charge is 2.40. The van der Waals surface area contributed by atoms with Crippen LogP contribution >= 0.6 is 0 Å². The van der Waals surface area contributed by atoms with Gasteiger partial charge in [0.1, 0.15) is 5.82 Å². The predicted molar refractivity (Wildman–Crippen MR) is 112 cm³/mol. The van der Waals surface area contributed by atoms with E-state index in [-0.39, 0.29) is 16.6 Å².